The van der Waals surface area contributed by atoms with E-state index in [4.69, 9.17) is 0 Å². The number of aromatic nitrogens is 1. The minimum Gasteiger partial charge on any atom is -0.366 e. The second-order valence-corrected chi connectivity index (χ2v) is 6.78. The zero-order valence-corrected chi connectivity index (χ0v) is 14.0. The van der Waals surface area contributed by atoms with Crippen LogP contribution in [0.2, 0.25) is 0 Å². The van der Waals surface area contributed by atoms with Crippen molar-refractivity contribution in [2.45, 2.75) is 39.3 Å². The molecular formula is C17H30N4. The minimum atomic E-state index is 0.619. The molecule has 1 aliphatic rings. The predicted octanol–water partition coefficient (Wildman–Crippen LogP) is 2.36. The summed E-state index contributed by atoms with van der Waals surface area (Å²) in [7, 11) is 4.32. The molecule has 1 N–H and O–H groups in total. The van der Waals surface area contributed by atoms with Crippen LogP contribution in [0, 0.1) is 5.92 Å². The summed E-state index contributed by atoms with van der Waals surface area (Å²) in [6, 6.07) is 2.78. The maximum atomic E-state index is 4.36. The number of hydrogen-bond acceptors (Lipinski definition) is 4. The van der Waals surface area contributed by atoms with Gasteiger partial charge in [0.15, 0.2) is 0 Å². The SMILES string of the molecule is CC(C)CNCc1ccncc1N1CCCC1CN(C)C. The highest BCUT2D eigenvalue weighted by molar-refractivity contribution is 5.53. The third kappa shape index (κ3) is 4.68. The summed E-state index contributed by atoms with van der Waals surface area (Å²) >= 11 is 0. The van der Waals surface area contributed by atoms with Crippen molar-refractivity contribution in [2.24, 2.45) is 5.92 Å². The van der Waals surface area contributed by atoms with Gasteiger partial charge in [0.05, 0.1) is 11.9 Å². The summed E-state index contributed by atoms with van der Waals surface area (Å²) < 4.78 is 0. The summed E-state index contributed by atoms with van der Waals surface area (Å²) in [6.07, 6.45) is 6.52. The monoisotopic (exact) mass is 290 g/mol. The lowest BCUT2D eigenvalue weighted by molar-refractivity contribution is 0.372. The van der Waals surface area contributed by atoms with Crippen molar-refractivity contribution in [3.8, 4) is 0 Å². The average molecular weight is 290 g/mol. The second-order valence-electron chi connectivity index (χ2n) is 6.78. The van der Waals surface area contributed by atoms with Gasteiger partial charge < -0.3 is 15.1 Å². The standard InChI is InChI=1S/C17H30N4/c1-14(2)10-19-11-15-7-8-18-12-17(15)21-9-5-6-16(21)13-20(3)4/h7-8,12,14,16,19H,5-6,9-11,13H2,1-4H3. The van der Waals surface area contributed by atoms with Crippen LogP contribution < -0.4 is 10.2 Å². The topological polar surface area (TPSA) is 31.4 Å². The largest absolute Gasteiger partial charge is 0.366 e. The average Bonchev–Trinajstić information content (AvgIpc) is 2.86. The first-order chi connectivity index (χ1) is 10.1. The molecule has 0 aliphatic carbocycles. The lowest BCUT2D eigenvalue weighted by atomic mass is 10.1. The quantitative estimate of drug-likeness (QED) is 0.835. The van der Waals surface area contributed by atoms with Crippen molar-refractivity contribution in [3.63, 3.8) is 0 Å². The highest BCUT2D eigenvalue weighted by Crippen LogP contribution is 2.28. The fraction of sp³-hybridized carbons (Fsp3) is 0.706. The van der Waals surface area contributed by atoms with Crippen LogP contribution in [0.3, 0.4) is 0 Å². The van der Waals surface area contributed by atoms with Gasteiger partial charge in [-0.1, -0.05) is 13.8 Å². The number of pyridine rings is 1. The molecule has 4 heteroatoms. The maximum absolute atomic E-state index is 4.36. The Morgan fingerprint density at radius 1 is 1.43 bits per heavy atom. The maximum Gasteiger partial charge on any atom is 0.0601 e. The van der Waals surface area contributed by atoms with Gasteiger partial charge in [-0.25, -0.2) is 0 Å². The summed E-state index contributed by atoms with van der Waals surface area (Å²) in [4.78, 5) is 9.21. The molecular weight excluding hydrogens is 260 g/mol. The number of likely N-dealkylation sites (N-methyl/N-ethyl adjacent to an activating group) is 1. The molecule has 4 nitrogen and oxygen atoms in total. The molecule has 1 aromatic rings. The van der Waals surface area contributed by atoms with E-state index in [2.05, 4.69) is 54.1 Å². The minimum absolute atomic E-state index is 0.619. The Morgan fingerprint density at radius 3 is 2.95 bits per heavy atom. The van der Waals surface area contributed by atoms with Gasteiger partial charge in [-0.2, -0.15) is 0 Å². The van der Waals surface area contributed by atoms with Gasteiger partial charge in [-0.15, -0.1) is 0 Å². The zero-order valence-electron chi connectivity index (χ0n) is 14.0. The van der Waals surface area contributed by atoms with Crippen LogP contribution in [0.25, 0.3) is 0 Å². The van der Waals surface area contributed by atoms with Gasteiger partial charge in [0.1, 0.15) is 0 Å². The third-order valence-electron chi connectivity index (χ3n) is 4.02. The number of hydrogen-bond donors (Lipinski definition) is 1. The van der Waals surface area contributed by atoms with E-state index in [0.717, 1.165) is 26.2 Å². The van der Waals surface area contributed by atoms with Gasteiger partial charge in [-0.05, 0) is 51.0 Å². The van der Waals surface area contributed by atoms with Crippen LogP contribution in [0.5, 0.6) is 0 Å². The third-order valence-corrected chi connectivity index (χ3v) is 4.02. The molecule has 1 aromatic heterocycles. The predicted molar refractivity (Wildman–Crippen MR) is 89.7 cm³/mol. The summed E-state index contributed by atoms with van der Waals surface area (Å²) in [5, 5.41) is 3.56. The van der Waals surface area contributed by atoms with E-state index in [1.807, 2.05) is 12.4 Å². The van der Waals surface area contributed by atoms with E-state index in [1.54, 1.807) is 0 Å². The first kappa shape index (κ1) is 16.2. The molecule has 1 atom stereocenters. The Balaban J connectivity index is 2.07. The highest BCUT2D eigenvalue weighted by Gasteiger charge is 2.26. The number of nitrogens with zero attached hydrogens (tertiary/aromatic N) is 3. The summed E-state index contributed by atoms with van der Waals surface area (Å²) in [5.41, 5.74) is 2.69. The van der Waals surface area contributed by atoms with Crippen LogP contribution >= 0.6 is 0 Å². The molecule has 0 amide bonds. The van der Waals surface area contributed by atoms with Crippen molar-refractivity contribution in [3.05, 3.63) is 24.0 Å². The summed E-state index contributed by atoms with van der Waals surface area (Å²) in [5.74, 6) is 0.684. The first-order valence-electron chi connectivity index (χ1n) is 8.13. The normalized spacial score (nSPS) is 19.0. The van der Waals surface area contributed by atoms with Crippen molar-refractivity contribution in [1.29, 1.82) is 0 Å². The highest BCUT2D eigenvalue weighted by atomic mass is 15.2. The molecule has 2 heterocycles. The molecule has 118 valence electrons. The Labute approximate surface area is 129 Å². The number of nitrogens with one attached hydrogen (secondary N) is 1. The molecule has 0 radical (unpaired) electrons. The van der Waals surface area contributed by atoms with Crippen LogP contribution in [0.4, 0.5) is 5.69 Å². The fourth-order valence-electron chi connectivity index (χ4n) is 3.08. The summed E-state index contributed by atoms with van der Waals surface area (Å²) in [6.45, 7) is 8.75. The van der Waals surface area contributed by atoms with Gasteiger partial charge in [0.2, 0.25) is 0 Å². The van der Waals surface area contributed by atoms with E-state index >= 15 is 0 Å². The molecule has 1 saturated heterocycles. The second kappa shape index (κ2) is 7.76. The van der Waals surface area contributed by atoms with Crippen molar-refractivity contribution < 1.29 is 0 Å². The fourth-order valence-corrected chi connectivity index (χ4v) is 3.08. The van der Waals surface area contributed by atoms with E-state index in [1.165, 1.54) is 24.1 Å². The lowest BCUT2D eigenvalue weighted by Gasteiger charge is -2.30. The van der Waals surface area contributed by atoms with E-state index < -0.39 is 0 Å². The van der Waals surface area contributed by atoms with Gasteiger partial charge in [0.25, 0.3) is 0 Å². The Hall–Kier alpha value is -1.13. The van der Waals surface area contributed by atoms with Crippen LogP contribution in [0.15, 0.2) is 18.5 Å². The molecule has 0 saturated carbocycles. The van der Waals surface area contributed by atoms with Crippen LogP contribution in [-0.2, 0) is 6.54 Å². The molecule has 1 unspecified atom stereocenters. The lowest BCUT2D eigenvalue weighted by Crippen LogP contribution is -2.38. The van der Waals surface area contributed by atoms with Crippen molar-refractivity contribution in [1.82, 2.24) is 15.2 Å². The Bertz CT molecular complexity index is 431. The molecule has 2 rings (SSSR count). The first-order valence-corrected chi connectivity index (χ1v) is 8.13. The zero-order chi connectivity index (χ0) is 15.2. The molecule has 21 heavy (non-hydrogen) atoms. The molecule has 0 aromatic carbocycles. The molecule has 0 bridgehead atoms. The molecule has 1 fully saturated rings. The number of rotatable bonds is 7. The van der Waals surface area contributed by atoms with E-state index in [-0.39, 0.29) is 0 Å². The molecule has 1 aliphatic heterocycles. The van der Waals surface area contributed by atoms with Crippen LogP contribution in [0.1, 0.15) is 32.3 Å². The molecule has 0 spiro atoms. The van der Waals surface area contributed by atoms with Crippen molar-refractivity contribution >= 4 is 5.69 Å². The van der Waals surface area contributed by atoms with E-state index in [0.29, 0.717) is 12.0 Å². The van der Waals surface area contributed by atoms with Gasteiger partial charge >= 0.3 is 0 Å². The number of anilines is 1. The van der Waals surface area contributed by atoms with Gasteiger partial charge in [0, 0.05) is 31.9 Å². The van der Waals surface area contributed by atoms with Gasteiger partial charge in [-0.3, -0.25) is 4.98 Å². The van der Waals surface area contributed by atoms with Crippen molar-refractivity contribution in [2.75, 3.05) is 38.6 Å². The Kier molecular flexibility index (Phi) is 6.00. The van der Waals surface area contributed by atoms with Crippen LogP contribution in [-0.4, -0.2) is 49.7 Å². The Morgan fingerprint density at radius 2 is 2.24 bits per heavy atom. The smallest absolute Gasteiger partial charge is 0.0601 e. The van der Waals surface area contributed by atoms with E-state index in [9.17, 15) is 0 Å².